The summed E-state index contributed by atoms with van der Waals surface area (Å²) in [5.41, 5.74) is 0. The van der Waals surface area contributed by atoms with E-state index in [0.29, 0.717) is 19.4 Å². The van der Waals surface area contributed by atoms with Crippen molar-refractivity contribution in [3.63, 3.8) is 0 Å². The van der Waals surface area contributed by atoms with Crippen molar-refractivity contribution in [3.8, 4) is 0 Å². The molecule has 0 N–H and O–H groups in total. The molecule has 0 saturated carbocycles. The van der Waals surface area contributed by atoms with Gasteiger partial charge in [-0.3, -0.25) is 14.4 Å². The molecular weight excluding hydrogens is 264 g/mol. The summed E-state index contributed by atoms with van der Waals surface area (Å²) >= 11 is 1.56. The van der Waals surface area contributed by atoms with Crippen molar-refractivity contribution in [2.45, 2.75) is 25.3 Å². The maximum atomic E-state index is 12.3. The smallest absolute Gasteiger partial charge is 0.268 e. The van der Waals surface area contributed by atoms with E-state index in [-0.39, 0.29) is 17.9 Å². The van der Waals surface area contributed by atoms with Crippen LogP contribution >= 0.6 is 11.3 Å². The minimum Gasteiger partial charge on any atom is -0.330 e. The third-order valence-electron chi connectivity index (χ3n) is 3.35. The molecule has 19 heavy (non-hydrogen) atoms. The number of thiophene rings is 1. The van der Waals surface area contributed by atoms with Gasteiger partial charge in [-0.15, -0.1) is 11.3 Å². The Hall–Kier alpha value is -1.40. The number of hydrogen-bond acceptors (Lipinski definition) is 4. The zero-order chi connectivity index (χ0) is 13.8. The molecular formula is C13H18N2O3S. The Kier molecular flexibility index (Phi) is 4.55. The number of likely N-dealkylation sites (tertiary alicyclic amines) is 1. The third-order valence-corrected chi connectivity index (χ3v) is 4.22. The van der Waals surface area contributed by atoms with Crippen molar-refractivity contribution < 1.29 is 14.4 Å². The Labute approximate surface area is 116 Å². The first-order chi connectivity index (χ1) is 9.13. The molecule has 2 heterocycles. The van der Waals surface area contributed by atoms with Gasteiger partial charge in [-0.1, -0.05) is 6.07 Å². The van der Waals surface area contributed by atoms with Crippen LogP contribution < -0.4 is 0 Å². The largest absolute Gasteiger partial charge is 0.330 e. The second-order valence-electron chi connectivity index (χ2n) is 4.52. The summed E-state index contributed by atoms with van der Waals surface area (Å²) in [6.45, 7) is 0.651. The predicted molar refractivity (Wildman–Crippen MR) is 72.5 cm³/mol. The molecule has 0 radical (unpaired) electrons. The Morgan fingerprint density at radius 1 is 1.58 bits per heavy atom. The Morgan fingerprint density at radius 2 is 2.37 bits per heavy atom. The van der Waals surface area contributed by atoms with E-state index in [9.17, 15) is 9.59 Å². The van der Waals surface area contributed by atoms with Crippen LogP contribution in [0.25, 0.3) is 0 Å². The molecule has 0 spiro atoms. The Morgan fingerprint density at radius 3 is 3.00 bits per heavy atom. The van der Waals surface area contributed by atoms with Crippen molar-refractivity contribution in [3.05, 3.63) is 22.4 Å². The van der Waals surface area contributed by atoms with E-state index in [0.717, 1.165) is 11.3 Å². The van der Waals surface area contributed by atoms with Gasteiger partial charge in [0.15, 0.2) is 0 Å². The first kappa shape index (κ1) is 14.0. The fraction of sp³-hybridized carbons (Fsp3) is 0.538. The van der Waals surface area contributed by atoms with E-state index >= 15 is 0 Å². The van der Waals surface area contributed by atoms with Crippen molar-refractivity contribution >= 4 is 23.2 Å². The maximum Gasteiger partial charge on any atom is 0.268 e. The van der Waals surface area contributed by atoms with Gasteiger partial charge in [0.05, 0.1) is 13.5 Å². The molecule has 6 heteroatoms. The number of hydrogen-bond donors (Lipinski definition) is 0. The van der Waals surface area contributed by atoms with Crippen LogP contribution in [0.2, 0.25) is 0 Å². The number of amides is 2. The van der Waals surface area contributed by atoms with Crippen LogP contribution in [0.3, 0.4) is 0 Å². The molecule has 1 aromatic heterocycles. The molecule has 5 nitrogen and oxygen atoms in total. The van der Waals surface area contributed by atoms with Crippen LogP contribution in [-0.4, -0.2) is 48.5 Å². The third kappa shape index (κ3) is 3.13. The van der Waals surface area contributed by atoms with Crippen LogP contribution in [0, 0.1) is 0 Å². The first-order valence-corrected chi connectivity index (χ1v) is 7.15. The summed E-state index contributed by atoms with van der Waals surface area (Å²) in [5, 5.41) is 3.15. The number of hydroxylamine groups is 2. The average Bonchev–Trinajstić information content (AvgIpc) is 3.07. The second kappa shape index (κ2) is 6.16. The highest BCUT2D eigenvalue weighted by Gasteiger charge is 2.35. The van der Waals surface area contributed by atoms with E-state index in [1.54, 1.807) is 23.3 Å². The van der Waals surface area contributed by atoms with E-state index in [1.807, 2.05) is 17.5 Å². The van der Waals surface area contributed by atoms with Crippen LogP contribution in [-0.2, 0) is 20.8 Å². The number of carbonyl (C=O) groups excluding carboxylic acids is 2. The van der Waals surface area contributed by atoms with E-state index in [2.05, 4.69) is 0 Å². The molecule has 1 aliphatic rings. The molecule has 2 rings (SSSR count). The highest BCUT2D eigenvalue weighted by atomic mass is 32.1. The summed E-state index contributed by atoms with van der Waals surface area (Å²) in [7, 11) is 3.02. The Bertz CT molecular complexity index is 447. The van der Waals surface area contributed by atoms with Gasteiger partial charge in [0.2, 0.25) is 5.91 Å². The van der Waals surface area contributed by atoms with E-state index in [4.69, 9.17) is 4.84 Å². The summed E-state index contributed by atoms with van der Waals surface area (Å²) in [6.07, 6.45) is 1.95. The molecule has 1 unspecified atom stereocenters. The zero-order valence-corrected chi connectivity index (χ0v) is 12.0. The number of rotatable bonds is 4. The van der Waals surface area contributed by atoms with Gasteiger partial charge in [-0.25, -0.2) is 5.06 Å². The van der Waals surface area contributed by atoms with Gasteiger partial charge in [-0.05, 0) is 24.3 Å². The van der Waals surface area contributed by atoms with Crippen molar-refractivity contribution in [2.75, 3.05) is 20.7 Å². The zero-order valence-electron chi connectivity index (χ0n) is 11.2. The normalized spacial score (nSPS) is 18.6. The molecule has 1 saturated heterocycles. The fourth-order valence-corrected chi connectivity index (χ4v) is 2.98. The predicted octanol–water partition coefficient (Wildman–Crippen LogP) is 1.30. The van der Waals surface area contributed by atoms with Crippen molar-refractivity contribution in [1.82, 2.24) is 9.96 Å². The molecule has 0 bridgehead atoms. The monoisotopic (exact) mass is 282 g/mol. The van der Waals surface area contributed by atoms with E-state index in [1.165, 1.54) is 12.2 Å². The lowest BCUT2D eigenvalue weighted by Gasteiger charge is -2.26. The van der Waals surface area contributed by atoms with E-state index < -0.39 is 0 Å². The summed E-state index contributed by atoms with van der Waals surface area (Å²) in [6, 6.07) is 3.49. The van der Waals surface area contributed by atoms with Crippen molar-refractivity contribution in [1.29, 1.82) is 0 Å². The molecule has 1 fully saturated rings. The van der Waals surface area contributed by atoms with Crippen LogP contribution in [0.4, 0.5) is 0 Å². The first-order valence-electron chi connectivity index (χ1n) is 6.27. The maximum absolute atomic E-state index is 12.3. The lowest BCUT2D eigenvalue weighted by atomic mass is 10.2. The molecule has 1 aromatic rings. The molecule has 1 atom stereocenters. The van der Waals surface area contributed by atoms with Gasteiger partial charge < -0.3 is 4.90 Å². The molecule has 1 aliphatic heterocycles. The summed E-state index contributed by atoms with van der Waals surface area (Å²) < 4.78 is 0. The van der Waals surface area contributed by atoms with Gasteiger partial charge in [0.25, 0.3) is 5.91 Å². The standard InChI is InChI=1S/C13H18N2O3S/c1-14(18-2)13(17)11-6-3-7-15(11)12(16)9-10-5-4-8-19-10/h4-5,8,11H,3,6-7,9H2,1-2H3. The number of nitrogens with zero attached hydrogens (tertiary/aromatic N) is 2. The lowest BCUT2D eigenvalue weighted by Crippen LogP contribution is -2.46. The lowest BCUT2D eigenvalue weighted by molar-refractivity contribution is -0.175. The molecule has 0 aromatic carbocycles. The average molecular weight is 282 g/mol. The van der Waals surface area contributed by atoms with Gasteiger partial charge in [0, 0.05) is 18.5 Å². The van der Waals surface area contributed by atoms with Crippen molar-refractivity contribution in [2.24, 2.45) is 0 Å². The number of carbonyl (C=O) groups is 2. The van der Waals surface area contributed by atoms with Crippen LogP contribution in [0.1, 0.15) is 17.7 Å². The second-order valence-corrected chi connectivity index (χ2v) is 5.55. The SMILES string of the molecule is CON(C)C(=O)C1CCCN1C(=O)Cc1cccs1. The Balaban J connectivity index is 2.02. The highest BCUT2D eigenvalue weighted by Crippen LogP contribution is 2.21. The van der Waals surface area contributed by atoms with Gasteiger partial charge in [0.1, 0.15) is 6.04 Å². The van der Waals surface area contributed by atoms with Gasteiger partial charge >= 0.3 is 0 Å². The fourth-order valence-electron chi connectivity index (χ4n) is 2.29. The minimum absolute atomic E-state index is 0.0165. The van der Waals surface area contributed by atoms with Crippen LogP contribution in [0.15, 0.2) is 17.5 Å². The number of likely N-dealkylation sites (N-methyl/N-ethyl adjacent to an activating group) is 1. The van der Waals surface area contributed by atoms with Gasteiger partial charge in [-0.2, -0.15) is 0 Å². The molecule has 2 amide bonds. The van der Waals surface area contributed by atoms with Crippen LogP contribution in [0.5, 0.6) is 0 Å². The topological polar surface area (TPSA) is 49.9 Å². The highest BCUT2D eigenvalue weighted by molar-refractivity contribution is 7.10. The summed E-state index contributed by atoms with van der Waals surface area (Å²) in [4.78, 5) is 32.0. The minimum atomic E-state index is -0.377. The quantitative estimate of drug-likeness (QED) is 0.782. The molecule has 104 valence electrons. The molecule has 0 aliphatic carbocycles. The summed E-state index contributed by atoms with van der Waals surface area (Å²) in [5.74, 6) is -0.137.